The Kier molecular flexibility index (Phi) is 46.5. The zero-order valence-corrected chi connectivity index (χ0v) is 87.8. The first-order valence-corrected chi connectivity index (χ1v) is 54.7. The molecule has 0 aromatic heterocycles. The molecule has 0 unspecified atom stereocenters. The topological polar surface area (TPSA) is 9.23 Å². The summed E-state index contributed by atoms with van der Waals surface area (Å²) < 4.78 is 8.74. The molecule has 1 nitrogen and oxygen atoms in total. The maximum absolute atomic E-state index is 8.74. The number of hydrogen-bond donors (Lipinski definition) is 0. The van der Waals surface area contributed by atoms with Crippen LogP contribution in [0.25, 0.3) is 0 Å². The fraction of sp³-hybridized carbons (Fsp3) is 0.352. The lowest BCUT2D eigenvalue weighted by Gasteiger charge is -2.20. The number of benzene rings is 12. The van der Waals surface area contributed by atoms with Gasteiger partial charge in [-0.1, -0.05) is 437 Å². The number of hydrogen-bond acceptors (Lipinski definition) is 1. The Morgan fingerprint density at radius 3 is 0.322 bits per heavy atom. The molecule has 12 rings (SSSR count). The van der Waals surface area contributed by atoms with Crippen molar-refractivity contribution in [2.75, 3.05) is 0 Å². The van der Waals surface area contributed by atoms with Crippen molar-refractivity contribution in [2.24, 2.45) is 0 Å². The second kappa shape index (κ2) is 61.7. The third-order valence-electron chi connectivity index (χ3n) is 26.7. The molecule has 0 aliphatic heterocycles. The van der Waals surface area contributed by atoms with Crippen molar-refractivity contribution >= 4 is 0 Å². The van der Waals surface area contributed by atoms with Crippen LogP contribution in [0.2, 0.25) is 0 Å². The Hall–Kier alpha value is -14.0. The van der Waals surface area contributed by atoms with Crippen LogP contribution in [0.4, 0.5) is 0 Å². The van der Waals surface area contributed by atoms with Gasteiger partial charge in [-0.3, -0.25) is 0 Å². The predicted molar refractivity (Wildman–Crippen MR) is 609 cm³/mol. The summed E-state index contributed by atoms with van der Waals surface area (Å²) >= 11 is 0. The molecule has 0 radical (unpaired) electrons. The number of rotatable bonds is 42. The van der Waals surface area contributed by atoms with Crippen LogP contribution in [-0.4, -0.2) is 0 Å². The van der Waals surface area contributed by atoms with Gasteiger partial charge in [-0.2, -0.15) is 0 Å². The van der Waals surface area contributed by atoms with Crippen LogP contribution in [0.1, 0.15) is 429 Å². The van der Waals surface area contributed by atoms with Crippen LogP contribution in [0.3, 0.4) is 0 Å². The standard InChI is InChI=1S/C142H150O/c1-11-21-31-41-111-51-71-121(72-52-111)91-101-131-133(103-93-123-75-55-113(56-76-123)43-33-23-13-3)137(107-97-127-83-63-117(64-84-127)47-37-27-17-7)141(138(108-98-128-85-65-118(66-86-128)48-38-28-18-8)134(131)104-94-124-77-57-114(58-78-124)44-34-24-14-4)143-142-139(109-99-129-87-67-119(68-88-129)49-39-29-19-9)135(105-95-125-79-59-115(60-80-125)45-35-25-15-5)132(102-92-122-73-53-112(54-74-122)42-32-22-12-2)136(106-96-126-81-61-116(62-82-126)46-36-26-16-6)140(142)110-100-130-89-69-120(70-90-130)50-40-30-20-10/h51-90H,11-50H2,1-10H3. The summed E-state index contributed by atoms with van der Waals surface area (Å²) in [5.74, 6) is 77.9. The van der Waals surface area contributed by atoms with Gasteiger partial charge in [-0.25, -0.2) is 0 Å². The molecule has 0 bridgehead atoms. The van der Waals surface area contributed by atoms with Crippen molar-refractivity contribution < 1.29 is 4.74 Å². The van der Waals surface area contributed by atoms with E-state index in [-0.39, 0.29) is 11.5 Å². The molecular weight excluding hydrogens is 1720 g/mol. The van der Waals surface area contributed by atoms with Gasteiger partial charge in [-0.05, 0) is 305 Å². The van der Waals surface area contributed by atoms with E-state index in [0.717, 1.165) is 300 Å². The normalized spacial score (nSPS) is 10.4. The van der Waals surface area contributed by atoms with Crippen LogP contribution in [0, 0.1) is 118 Å². The van der Waals surface area contributed by atoms with E-state index in [0.29, 0.717) is 55.6 Å². The van der Waals surface area contributed by atoms with Gasteiger partial charge in [0.05, 0.1) is 55.6 Å². The van der Waals surface area contributed by atoms with Gasteiger partial charge in [0.1, 0.15) is 0 Å². The predicted octanol–water partition coefficient (Wildman–Crippen LogP) is 34.8. The minimum atomic E-state index is 0.289. The Morgan fingerprint density at radius 2 is 0.217 bits per heavy atom. The fourth-order valence-electron chi connectivity index (χ4n) is 17.7. The smallest absolute Gasteiger partial charge is 0.161 e. The van der Waals surface area contributed by atoms with Crippen molar-refractivity contribution in [3.63, 3.8) is 0 Å². The Balaban J connectivity index is 1.34. The quantitative estimate of drug-likeness (QED) is 0.0274. The fourth-order valence-corrected chi connectivity index (χ4v) is 17.7. The van der Waals surface area contributed by atoms with Crippen LogP contribution < -0.4 is 4.74 Å². The lowest BCUT2D eigenvalue weighted by atomic mass is 9.88. The SMILES string of the molecule is CCCCCc1ccc(C#Cc2c(C#Cc3ccc(CCCCC)cc3)c(C#Cc3ccc(CCCCC)cc3)c(Oc3c(C#Cc4ccc(CCCCC)cc4)c(C#Cc4ccc(CCCCC)cc4)c(C#Cc4ccc(CCCCC)cc4)c(C#Cc4ccc(CCCCC)cc4)c3C#Cc3ccc(CCCCC)cc3)c(C#Cc3ccc(CCCCC)cc3)c2C#Cc2ccc(CCCCC)cc2)cc1. The van der Waals surface area contributed by atoms with E-state index in [2.05, 4.69) is 430 Å². The molecule has 143 heavy (non-hydrogen) atoms. The van der Waals surface area contributed by atoms with Gasteiger partial charge in [-0.15, -0.1) is 0 Å². The zero-order valence-electron chi connectivity index (χ0n) is 87.8. The van der Waals surface area contributed by atoms with E-state index in [1.165, 1.54) is 68.5 Å². The van der Waals surface area contributed by atoms with Crippen molar-refractivity contribution in [2.45, 2.75) is 326 Å². The molecule has 12 aromatic rings. The lowest BCUT2D eigenvalue weighted by molar-refractivity contribution is 0.476. The monoisotopic (exact) mass is 1870 g/mol. The average Bonchev–Trinajstić information content (AvgIpc) is 0.741. The Bertz CT molecular complexity index is 5970. The van der Waals surface area contributed by atoms with E-state index < -0.39 is 0 Å². The van der Waals surface area contributed by atoms with E-state index in [4.69, 9.17) is 4.74 Å². The molecule has 1 heteroatoms. The second-order valence-corrected chi connectivity index (χ2v) is 38.6. The first-order chi connectivity index (χ1) is 70.5. The second-order valence-electron chi connectivity index (χ2n) is 38.6. The summed E-state index contributed by atoms with van der Waals surface area (Å²) in [7, 11) is 0. The minimum Gasteiger partial charge on any atom is -0.452 e. The van der Waals surface area contributed by atoms with Crippen LogP contribution in [-0.2, 0) is 64.2 Å². The van der Waals surface area contributed by atoms with Crippen LogP contribution >= 0.6 is 0 Å². The summed E-state index contributed by atoms with van der Waals surface area (Å²) in [6.45, 7) is 22.6. The molecule has 0 aliphatic carbocycles. The van der Waals surface area contributed by atoms with Crippen molar-refractivity contribution in [1.82, 2.24) is 0 Å². The molecule has 0 fully saturated rings. The summed E-state index contributed by atoms with van der Waals surface area (Å²) in [5.41, 5.74) is 25.9. The summed E-state index contributed by atoms with van der Waals surface area (Å²) in [4.78, 5) is 0. The maximum Gasteiger partial charge on any atom is 0.161 e. The Morgan fingerprint density at radius 1 is 0.119 bits per heavy atom. The van der Waals surface area contributed by atoms with Crippen LogP contribution in [0.15, 0.2) is 243 Å². The largest absolute Gasteiger partial charge is 0.452 e. The van der Waals surface area contributed by atoms with E-state index in [1.807, 2.05) is 0 Å². The summed E-state index contributed by atoms with van der Waals surface area (Å²) in [6.07, 6.45) is 43.8. The molecule has 0 spiro atoms. The van der Waals surface area contributed by atoms with Gasteiger partial charge in [0.25, 0.3) is 0 Å². The highest BCUT2D eigenvalue weighted by atomic mass is 16.5. The molecule has 12 aromatic carbocycles. The van der Waals surface area contributed by atoms with Gasteiger partial charge in [0.2, 0.25) is 0 Å². The third-order valence-corrected chi connectivity index (χ3v) is 26.7. The first kappa shape index (κ1) is 108. The van der Waals surface area contributed by atoms with E-state index >= 15 is 0 Å². The Labute approximate surface area is 864 Å². The first-order valence-electron chi connectivity index (χ1n) is 54.7. The molecule has 0 heterocycles. The molecule has 724 valence electrons. The van der Waals surface area contributed by atoms with Crippen molar-refractivity contribution in [3.05, 3.63) is 410 Å². The van der Waals surface area contributed by atoms with E-state index in [9.17, 15) is 0 Å². The van der Waals surface area contributed by atoms with Crippen LogP contribution in [0.5, 0.6) is 11.5 Å². The van der Waals surface area contributed by atoms with Gasteiger partial charge >= 0.3 is 0 Å². The molecule has 0 atom stereocenters. The highest BCUT2D eigenvalue weighted by molar-refractivity contribution is 5.82. The molecule has 0 saturated heterocycles. The zero-order chi connectivity index (χ0) is 99.9. The molecule has 0 saturated carbocycles. The van der Waals surface area contributed by atoms with Crippen molar-refractivity contribution in [3.8, 4) is 130 Å². The number of aryl methyl sites for hydroxylation is 10. The number of ether oxygens (including phenoxy) is 1. The molecule has 0 N–H and O–H groups in total. The molecule has 0 amide bonds. The van der Waals surface area contributed by atoms with Gasteiger partial charge < -0.3 is 4.74 Å². The van der Waals surface area contributed by atoms with Gasteiger partial charge in [0, 0.05) is 55.6 Å². The minimum absolute atomic E-state index is 0.289. The maximum atomic E-state index is 8.74. The van der Waals surface area contributed by atoms with E-state index in [1.54, 1.807) is 0 Å². The van der Waals surface area contributed by atoms with Gasteiger partial charge in [0.15, 0.2) is 11.5 Å². The van der Waals surface area contributed by atoms with Crippen molar-refractivity contribution in [1.29, 1.82) is 0 Å². The lowest BCUT2D eigenvalue weighted by Crippen LogP contribution is -2.08. The number of unbranched alkanes of at least 4 members (excludes halogenated alkanes) is 20. The highest BCUT2D eigenvalue weighted by Gasteiger charge is 2.29. The molecular formula is C142H150O. The highest BCUT2D eigenvalue weighted by Crippen LogP contribution is 2.43. The third kappa shape index (κ3) is 35.9. The summed E-state index contributed by atoms with van der Waals surface area (Å²) in [5, 5.41) is 0. The summed E-state index contributed by atoms with van der Waals surface area (Å²) in [6, 6.07) is 87.9. The molecule has 0 aliphatic rings. The average molecular weight is 1870 g/mol.